The summed E-state index contributed by atoms with van der Waals surface area (Å²) in [6, 6.07) is 5.77. The number of rotatable bonds is 8. The summed E-state index contributed by atoms with van der Waals surface area (Å²) in [5.41, 5.74) is 1.85. The Morgan fingerprint density at radius 2 is 2.08 bits per heavy atom. The summed E-state index contributed by atoms with van der Waals surface area (Å²) in [6.07, 6.45) is 3.42. The normalized spacial score (nSPS) is 18.8. The second-order valence-corrected chi connectivity index (χ2v) is 7.88. The summed E-state index contributed by atoms with van der Waals surface area (Å²) >= 11 is 5.34. The molecule has 0 aliphatic carbocycles. The average molecular weight is 440 g/mol. The Morgan fingerprint density at radius 1 is 1.31 bits per heavy atom. The Labute approximate surface area is 164 Å². The van der Waals surface area contributed by atoms with Gasteiger partial charge >= 0.3 is 0 Å². The van der Waals surface area contributed by atoms with E-state index < -0.39 is 5.79 Å². The third-order valence-electron chi connectivity index (χ3n) is 4.25. The number of hydrogen-bond acceptors (Lipinski definition) is 8. The smallest absolute Gasteiger partial charge is 0.200 e. The molecule has 4 N–H and O–H groups in total. The van der Waals surface area contributed by atoms with Crippen molar-refractivity contribution in [2.75, 3.05) is 31.6 Å². The van der Waals surface area contributed by atoms with E-state index in [2.05, 4.69) is 31.5 Å². The van der Waals surface area contributed by atoms with Crippen LogP contribution in [0, 0.1) is 6.92 Å². The highest BCUT2D eigenvalue weighted by Gasteiger charge is 2.44. The Hall–Kier alpha value is -1.36. The molecule has 1 aliphatic heterocycles. The lowest BCUT2D eigenvalue weighted by Crippen LogP contribution is -2.57. The van der Waals surface area contributed by atoms with Crippen LogP contribution in [-0.2, 0) is 12.3 Å². The van der Waals surface area contributed by atoms with Crippen molar-refractivity contribution in [1.82, 2.24) is 15.2 Å². The standard InChI is InChI=1S/C17H22BrN5O2S/c1-12-15(18)14-16(26-12)20-11-22-17(14,23(6-8-24)7-9-25)21-10-13-4-2-3-5-19-13/h2-5,11,21,24-25H,6-10H2,1H3,(H,20,22). The maximum Gasteiger partial charge on any atom is 0.200 e. The summed E-state index contributed by atoms with van der Waals surface area (Å²) < 4.78 is 0.969. The monoisotopic (exact) mass is 439 g/mol. The Morgan fingerprint density at radius 3 is 2.73 bits per heavy atom. The number of fused-ring (bicyclic) bond motifs is 1. The van der Waals surface area contributed by atoms with Crippen molar-refractivity contribution in [3.05, 3.63) is 45.0 Å². The van der Waals surface area contributed by atoms with Crippen LogP contribution in [0.1, 0.15) is 16.1 Å². The molecule has 0 amide bonds. The zero-order valence-electron chi connectivity index (χ0n) is 14.4. The zero-order valence-corrected chi connectivity index (χ0v) is 16.8. The van der Waals surface area contributed by atoms with E-state index in [0.29, 0.717) is 19.6 Å². The average Bonchev–Trinajstić information content (AvgIpc) is 2.96. The number of hydrogen-bond donors (Lipinski definition) is 4. The van der Waals surface area contributed by atoms with Gasteiger partial charge in [-0.25, -0.2) is 4.99 Å². The van der Waals surface area contributed by atoms with E-state index in [1.807, 2.05) is 30.0 Å². The molecule has 1 aliphatic rings. The van der Waals surface area contributed by atoms with Crippen molar-refractivity contribution in [2.45, 2.75) is 19.3 Å². The zero-order chi connectivity index (χ0) is 18.6. The van der Waals surface area contributed by atoms with Crippen molar-refractivity contribution in [2.24, 2.45) is 4.99 Å². The number of aliphatic imine (C=N–C) groups is 1. The highest BCUT2D eigenvalue weighted by atomic mass is 79.9. The predicted octanol–water partition coefficient (Wildman–Crippen LogP) is 1.85. The minimum atomic E-state index is -0.910. The molecule has 0 radical (unpaired) electrons. The maximum atomic E-state index is 9.58. The second kappa shape index (κ2) is 8.55. The lowest BCUT2D eigenvalue weighted by molar-refractivity contribution is 0.0255. The van der Waals surface area contributed by atoms with E-state index in [9.17, 15) is 10.2 Å². The number of nitrogens with zero attached hydrogens (tertiary/aromatic N) is 3. The minimum Gasteiger partial charge on any atom is -0.395 e. The van der Waals surface area contributed by atoms with Gasteiger partial charge in [0.1, 0.15) is 5.00 Å². The molecule has 0 saturated heterocycles. The van der Waals surface area contributed by atoms with Gasteiger partial charge in [-0.05, 0) is 35.0 Å². The highest BCUT2D eigenvalue weighted by molar-refractivity contribution is 9.10. The summed E-state index contributed by atoms with van der Waals surface area (Å²) in [5, 5.41) is 26.9. The van der Waals surface area contributed by atoms with Crippen LogP contribution in [0.5, 0.6) is 0 Å². The number of aliphatic hydroxyl groups excluding tert-OH is 2. The van der Waals surface area contributed by atoms with Crippen LogP contribution >= 0.6 is 27.3 Å². The molecule has 3 rings (SSSR count). The fourth-order valence-electron chi connectivity index (χ4n) is 3.07. The number of aliphatic hydroxyl groups is 2. The van der Waals surface area contributed by atoms with Crippen LogP contribution in [0.2, 0.25) is 0 Å². The highest BCUT2D eigenvalue weighted by Crippen LogP contribution is 2.46. The summed E-state index contributed by atoms with van der Waals surface area (Å²) in [5.74, 6) is -0.910. The van der Waals surface area contributed by atoms with E-state index in [1.54, 1.807) is 23.9 Å². The van der Waals surface area contributed by atoms with Gasteiger partial charge in [-0.3, -0.25) is 15.2 Å². The van der Waals surface area contributed by atoms with E-state index in [1.165, 1.54) is 0 Å². The summed E-state index contributed by atoms with van der Waals surface area (Å²) in [7, 11) is 0. The lowest BCUT2D eigenvalue weighted by Gasteiger charge is -2.43. The van der Waals surface area contributed by atoms with Gasteiger partial charge in [0, 0.05) is 35.2 Å². The van der Waals surface area contributed by atoms with Crippen molar-refractivity contribution in [1.29, 1.82) is 0 Å². The van der Waals surface area contributed by atoms with E-state index in [-0.39, 0.29) is 13.2 Å². The van der Waals surface area contributed by atoms with Crippen LogP contribution in [0.3, 0.4) is 0 Å². The molecular weight excluding hydrogens is 418 g/mol. The number of halogens is 1. The molecule has 0 saturated carbocycles. The molecule has 2 aromatic heterocycles. The lowest BCUT2D eigenvalue weighted by atomic mass is 10.1. The molecule has 2 aromatic rings. The molecule has 1 unspecified atom stereocenters. The molecular formula is C17H22BrN5O2S. The van der Waals surface area contributed by atoms with Gasteiger partial charge in [-0.15, -0.1) is 11.3 Å². The third kappa shape index (κ3) is 3.68. The Bertz CT molecular complexity index is 764. The first kappa shape index (κ1) is 19.4. The first-order valence-electron chi connectivity index (χ1n) is 8.33. The van der Waals surface area contributed by atoms with Crippen LogP contribution < -0.4 is 10.6 Å². The minimum absolute atomic E-state index is 0.0357. The number of aromatic nitrogens is 1. The summed E-state index contributed by atoms with van der Waals surface area (Å²) in [4.78, 5) is 12.2. The quantitative estimate of drug-likeness (QED) is 0.469. The van der Waals surface area contributed by atoms with E-state index in [0.717, 1.165) is 25.6 Å². The molecule has 140 valence electrons. The maximum absolute atomic E-state index is 9.58. The van der Waals surface area contributed by atoms with Gasteiger partial charge in [0.05, 0.1) is 30.8 Å². The van der Waals surface area contributed by atoms with E-state index >= 15 is 0 Å². The molecule has 0 spiro atoms. The number of anilines is 1. The topological polar surface area (TPSA) is 93.0 Å². The second-order valence-electron chi connectivity index (χ2n) is 5.86. The van der Waals surface area contributed by atoms with Gasteiger partial charge < -0.3 is 15.5 Å². The predicted molar refractivity (Wildman–Crippen MR) is 107 cm³/mol. The van der Waals surface area contributed by atoms with Gasteiger partial charge in [0.15, 0.2) is 5.79 Å². The third-order valence-corrected chi connectivity index (χ3v) is 6.54. The van der Waals surface area contributed by atoms with Gasteiger partial charge in [-0.2, -0.15) is 0 Å². The Balaban J connectivity index is 2.04. The molecule has 1 atom stereocenters. The summed E-state index contributed by atoms with van der Waals surface area (Å²) in [6.45, 7) is 3.20. The van der Waals surface area contributed by atoms with Crippen LogP contribution in [0.4, 0.5) is 5.00 Å². The first-order chi connectivity index (χ1) is 12.6. The van der Waals surface area contributed by atoms with Gasteiger partial charge in [-0.1, -0.05) is 6.07 Å². The largest absolute Gasteiger partial charge is 0.395 e. The van der Waals surface area contributed by atoms with Gasteiger partial charge in [0.2, 0.25) is 0 Å². The molecule has 0 fully saturated rings. The fraction of sp³-hybridized carbons (Fsp3) is 0.412. The molecule has 7 nitrogen and oxygen atoms in total. The molecule has 26 heavy (non-hydrogen) atoms. The number of thiophene rings is 1. The van der Waals surface area contributed by atoms with Crippen molar-refractivity contribution >= 4 is 38.6 Å². The number of nitrogens with one attached hydrogen (secondary N) is 2. The van der Waals surface area contributed by atoms with E-state index in [4.69, 9.17) is 4.99 Å². The van der Waals surface area contributed by atoms with Crippen LogP contribution in [0.25, 0.3) is 0 Å². The molecule has 0 bridgehead atoms. The number of aryl methyl sites for hydroxylation is 1. The Kier molecular flexibility index (Phi) is 6.38. The fourth-order valence-corrected chi connectivity index (χ4v) is 4.87. The van der Waals surface area contributed by atoms with Crippen molar-refractivity contribution in [3.8, 4) is 0 Å². The molecule has 3 heterocycles. The van der Waals surface area contributed by atoms with Crippen molar-refractivity contribution in [3.63, 3.8) is 0 Å². The number of pyridine rings is 1. The first-order valence-corrected chi connectivity index (χ1v) is 9.94. The van der Waals surface area contributed by atoms with Crippen LogP contribution in [0.15, 0.2) is 33.9 Å². The van der Waals surface area contributed by atoms with Crippen molar-refractivity contribution < 1.29 is 10.2 Å². The molecule has 0 aromatic carbocycles. The molecule has 9 heteroatoms. The van der Waals surface area contributed by atoms with Gasteiger partial charge in [0.25, 0.3) is 0 Å². The SMILES string of the molecule is Cc1sc2c(c1Br)C(NCc1ccccn1)(N(CCO)CCO)N=CN2. The van der Waals surface area contributed by atoms with Crippen LogP contribution in [-0.4, -0.2) is 52.7 Å².